The van der Waals surface area contributed by atoms with Crippen LogP contribution in [0.4, 0.5) is 0 Å². The first-order valence-electron chi connectivity index (χ1n) is 6.27. The second-order valence-electron chi connectivity index (χ2n) is 4.53. The highest BCUT2D eigenvalue weighted by atomic mass is 79.9. The Balaban J connectivity index is 2.01. The number of hydrogen-bond acceptors (Lipinski definition) is 4. The third-order valence-electron chi connectivity index (χ3n) is 3.10. The summed E-state index contributed by atoms with van der Waals surface area (Å²) >= 11 is 3.32. The molecule has 0 saturated heterocycles. The van der Waals surface area contributed by atoms with Gasteiger partial charge in [0.05, 0.1) is 11.6 Å². The number of nitrogens with one attached hydrogen (secondary N) is 1. The topological polar surface area (TPSA) is 54.4 Å². The molecule has 0 aliphatic heterocycles. The van der Waals surface area contributed by atoms with Crippen molar-refractivity contribution in [3.63, 3.8) is 0 Å². The maximum Gasteiger partial charge on any atom is 0.172 e. The molecule has 20 heavy (non-hydrogen) atoms. The molecule has 0 radical (unpaired) electrons. The van der Waals surface area contributed by atoms with Gasteiger partial charge in [0.25, 0.3) is 0 Å². The molecule has 1 aromatic carbocycles. The zero-order valence-electron chi connectivity index (χ0n) is 11.5. The summed E-state index contributed by atoms with van der Waals surface area (Å²) < 4.78 is 5.76. The van der Waals surface area contributed by atoms with E-state index in [1.807, 2.05) is 24.4 Å². The van der Waals surface area contributed by atoms with Gasteiger partial charge in [-0.05, 0) is 57.7 Å². The van der Waals surface area contributed by atoms with Crippen molar-refractivity contribution in [1.29, 1.82) is 0 Å². The first kappa shape index (κ1) is 14.8. The Morgan fingerprint density at radius 2 is 2.15 bits per heavy atom. The number of aromatic nitrogens is 1. The van der Waals surface area contributed by atoms with Gasteiger partial charge < -0.3 is 15.2 Å². The fourth-order valence-corrected chi connectivity index (χ4v) is 2.40. The minimum Gasteiger partial charge on any atom is -0.503 e. The number of aryl methyl sites for hydroxylation is 1. The lowest BCUT2D eigenvalue weighted by molar-refractivity contribution is 0.371. The van der Waals surface area contributed by atoms with Crippen molar-refractivity contribution in [3.8, 4) is 11.5 Å². The first-order valence-corrected chi connectivity index (χ1v) is 7.06. The number of phenols is 1. The number of ether oxygens (including phenoxy) is 1. The lowest BCUT2D eigenvalue weighted by Crippen LogP contribution is -2.13. The van der Waals surface area contributed by atoms with Gasteiger partial charge in [-0.3, -0.25) is 4.98 Å². The van der Waals surface area contributed by atoms with Crippen molar-refractivity contribution >= 4 is 15.9 Å². The summed E-state index contributed by atoms with van der Waals surface area (Å²) in [5.74, 6) is 0.591. The van der Waals surface area contributed by atoms with Crippen LogP contribution in [0.25, 0.3) is 0 Å². The number of nitrogens with zero attached hydrogens (tertiary/aromatic N) is 1. The van der Waals surface area contributed by atoms with Gasteiger partial charge in [0, 0.05) is 25.5 Å². The molecule has 0 bridgehead atoms. The minimum atomic E-state index is 0.124. The van der Waals surface area contributed by atoms with Gasteiger partial charge in [-0.2, -0.15) is 0 Å². The van der Waals surface area contributed by atoms with E-state index in [2.05, 4.69) is 33.2 Å². The Hall–Kier alpha value is -1.59. The van der Waals surface area contributed by atoms with Crippen molar-refractivity contribution in [2.75, 3.05) is 7.11 Å². The number of methoxy groups -OCH3 is 1. The third kappa shape index (κ3) is 3.49. The predicted molar refractivity (Wildman–Crippen MR) is 81.9 cm³/mol. The van der Waals surface area contributed by atoms with E-state index in [1.54, 1.807) is 6.20 Å². The van der Waals surface area contributed by atoms with E-state index in [9.17, 15) is 5.11 Å². The van der Waals surface area contributed by atoms with Crippen LogP contribution in [0.1, 0.15) is 16.7 Å². The van der Waals surface area contributed by atoms with Gasteiger partial charge in [0.1, 0.15) is 0 Å². The van der Waals surface area contributed by atoms with E-state index in [4.69, 9.17) is 4.74 Å². The molecule has 0 aliphatic rings. The zero-order chi connectivity index (χ0) is 14.5. The molecular weight excluding hydrogens is 320 g/mol. The molecule has 2 rings (SSSR count). The maximum atomic E-state index is 9.76. The van der Waals surface area contributed by atoms with Crippen LogP contribution in [0.15, 0.2) is 35.1 Å². The summed E-state index contributed by atoms with van der Waals surface area (Å²) in [7, 11) is 1.54. The van der Waals surface area contributed by atoms with Gasteiger partial charge in [0.15, 0.2) is 11.5 Å². The van der Waals surface area contributed by atoms with Crippen LogP contribution in [0.3, 0.4) is 0 Å². The fourth-order valence-electron chi connectivity index (χ4n) is 1.91. The molecule has 0 saturated carbocycles. The lowest BCUT2D eigenvalue weighted by Gasteiger charge is -2.10. The highest BCUT2D eigenvalue weighted by molar-refractivity contribution is 9.10. The number of rotatable bonds is 5. The summed E-state index contributed by atoms with van der Waals surface area (Å²) in [6, 6.07) is 5.70. The van der Waals surface area contributed by atoms with Gasteiger partial charge in [-0.1, -0.05) is 0 Å². The van der Waals surface area contributed by atoms with Crippen molar-refractivity contribution in [2.24, 2.45) is 0 Å². The zero-order valence-corrected chi connectivity index (χ0v) is 13.1. The maximum absolute atomic E-state index is 9.76. The molecule has 4 nitrogen and oxygen atoms in total. The number of benzene rings is 1. The van der Waals surface area contributed by atoms with E-state index < -0.39 is 0 Å². The van der Waals surface area contributed by atoms with E-state index in [-0.39, 0.29) is 5.75 Å². The molecule has 1 aromatic heterocycles. The molecule has 0 amide bonds. The minimum absolute atomic E-state index is 0.124. The first-order chi connectivity index (χ1) is 9.61. The van der Waals surface area contributed by atoms with Crippen molar-refractivity contribution in [3.05, 3.63) is 51.8 Å². The van der Waals surface area contributed by atoms with Gasteiger partial charge >= 0.3 is 0 Å². The van der Waals surface area contributed by atoms with Crippen LogP contribution in [-0.2, 0) is 13.1 Å². The van der Waals surface area contributed by atoms with E-state index in [1.165, 1.54) is 18.2 Å². The second-order valence-corrected chi connectivity index (χ2v) is 5.39. The summed E-state index contributed by atoms with van der Waals surface area (Å²) in [6.07, 6.45) is 3.66. The van der Waals surface area contributed by atoms with Crippen molar-refractivity contribution < 1.29 is 9.84 Å². The summed E-state index contributed by atoms with van der Waals surface area (Å²) in [5.41, 5.74) is 3.43. The number of aromatic hydroxyl groups is 1. The van der Waals surface area contributed by atoms with Crippen molar-refractivity contribution in [1.82, 2.24) is 10.3 Å². The summed E-state index contributed by atoms with van der Waals surface area (Å²) in [5, 5.41) is 13.1. The Kier molecular flexibility index (Phi) is 4.98. The normalized spacial score (nSPS) is 10.6. The SMILES string of the molecule is COc1cc(CNCc2cnccc2C)cc(Br)c1O. The monoisotopic (exact) mass is 336 g/mol. The molecule has 106 valence electrons. The molecule has 1 heterocycles. The van der Waals surface area contributed by atoms with Crippen LogP contribution in [-0.4, -0.2) is 17.2 Å². The predicted octanol–water partition coefficient (Wildman–Crippen LogP) is 3.16. The molecular formula is C15H17BrN2O2. The van der Waals surface area contributed by atoms with Gasteiger partial charge in [-0.25, -0.2) is 0 Å². The Labute approximate surface area is 126 Å². The molecule has 0 atom stereocenters. The molecule has 2 aromatic rings. The van der Waals surface area contributed by atoms with Crippen LogP contribution in [0, 0.1) is 6.92 Å². The smallest absolute Gasteiger partial charge is 0.172 e. The number of halogens is 1. The molecule has 5 heteroatoms. The molecule has 0 spiro atoms. The molecule has 0 aliphatic carbocycles. The Morgan fingerprint density at radius 1 is 1.35 bits per heavy atom. The third-order valence-corrected chi connectivity index (χ3v) is 3.70. The van der Waals surface area contributed by atoms with E-state index >= 15 is 0 Å². The standard InChI is InChI=1S/C15H17BrN2O2/c1-10-3-4-17-8-12(10)9-18-7-11-5-13(16)15(19)14(6-11)20-2/h3-6,8,18-19H,7,9H2,1-2H3. The van der Waals surface area contributed by atoms with E-state index in [0.717, 1.165) is 12.1 Å². The van der Waals surface area contributed by atoms with Crippen LogP contribution in [0.2, 0.25) is 0 Å². The largest absolute Gasteiger partial charge is 0.503 e. The van der Waals surface area contributed by atoms with E-state index in [0.29, 0.717) is 16.8 Å². The summed E-state index contributed by atoms with van der Waals surface area (Å²) in [6.45, 7) is 3.50. The quantitative estimate of drug-likeness (QED) is 0.880. The number of pyridine rings is 1. The fraction of sp³-hybridized carbons (Fsp3) is 0.267. The molecule has 0 fully saturated rings. The Bertz CT molecular complexity index is 602. The van der Waals surface area contributed by atoms with Crippen LogP contribution < -0.4 is 10.1 Å². The number of hydrogen-bond donors (Lipinski definition) is 2. The molecule has 0 unspecified atom stereocenters. The highest BCUT2D eigenvalue weighted by Gasteiger charge is 2.08. The second kappa shape index (κ2) is 6.72. The van der Waals surface area contributed by atoms with Gasteiger partial charge in [-0.15, -0.1) is 0 Å². The van der Waals surface area contributed by atoms with Crippen LogP contribution in [0.5, 0.6) is 11.5 Å². The average molecular weight is 337 g/mol. The van der Waals surface area contributed by atoms with Crippen molar-refractivity contribution in [2.45, 2.75) is 20.0 Å². The number of phenolic OH excluding ortho intramolecular Hbond substituents is 1. The van der Waals surface area contributed by atoms with Gasteiger partial charge in [0.2, 0.25) is 0 Å². The van der Waals surface area contributed by atoms with Crippen LogP contribution >= 0.6 is 15.9 Å². The summed E-state index contributed by atoms with van der Waals surface area (Å²) in [4.78, 5) is 4.12. The Morgan fingerprint density at radius 3 is 2.85 bits per heavy atom. The lowest BCUT2D eigenvalue weighted by atomic mass is 10.1. The molecule has 2 N–H and O–H groups in total. The highest BCUT2D eigenvalue weighted by Crippen LogP contribution is 2.35. The average Bonchev–Trinajstić information content (AvgIpc) is 2.44.